The van der Waals surface area contributed by atoms with Gasteiger partial charge < -0.3 is 14.4 Å². The topological polar surface area (TPSA) is 38.8 Å². The largest absolute Gasteiger partial charge is 0.490 e. The summed E-state index contributed by atoms with van der Waals surface area (Å²) in [6.07, 6.45) is 6.36. The Morgan fingerprint density at radius 1 is 1.12 bits per heavy atom. The van der Waals surface area contributed by atoms with Crippen LogP contribution in [-0.2, 0) is 4.79 Å². The molecule has 1 aromatic rings. The molecule has 0 aromatic heterocycles. The van der Waals surface area contributed by atoms with Crippen molar-refractivity contribution in [1.82, 2.24) is 4.90 Å². The molecule has 2 fully saturated rings. The maximum atomic E-state index is 12.6. The van der Waals surface area contributed by atoms with E-state index in [4.69, 9.17) is 9.47 Å². The van der Waals surface area contributed by atoms with Gasteiger partial charge in [-0.3, -0.25) is 4.79 Å². The van der Waals surface area contributed by atoms with Gasteiger partial charge >= 0.3 is 0 Å². The third-order valence-corrected chi connectivity index (χ3v) is 5.55. The lowest BCUT2D eigenvalue weighted by molar-refractivity contribution is -0.127. The van der Waals surface area contributed by atoms with Crippen molar-refractivity contribution in [2.75, 3.05) is 20.3 Å². The number of carbonyl (C=O) groups excluding carboxylic acids is 1. The molecule has 4 nitrogen and oxygen atoms in total. The third kappa shape index (κ3) is 3.92. The highest BCUT2D eigenvalue weighted by molar-refractivity contribution is 5.81. The van der Waals surface area contributed by atoms with Gasteiger partial charge in [-0.25, -0.2) is 0 Å². The van der Waals surface area contributed by atoms with E-state index in [1.54, 1.807) is 0 Å². The monoisotopic (exact) mass is 331 g/mol. The number of hydrogen-bond acceptors (Lipinski definition) is 4. The van der Waals surface area contributed by atoms with Gasteiger partial charge in [-0.05, 0) is 51.8 Å². The van der Waals surface area contributed by atoms with Crippen LogP contribution in [0.25, 0.3) is 0 Å². The van der Waals surface area contributed by atoms with Crippen LogP contribution < -0.4 is 9.47 Å². The summed E-state index contributed by atoms with van der Waals surface area (Å²) in [6, 6.07) is 8.86. The summed E-state index contributed by atoms with van der Waals surface area (Å²) in [5, 5.41) is 0. The maximum absolute atomic E-state index is 12.6. The fourth-order valence-electron chi connectivity index (χ4n) is 4.19. The first kappa shape index (κ1) is 17.3. The Bertz CT molecular complexity index is 546. The van der Waals surface area contributed by atoms with E-state index in [-0.39, 0.29) is 5.92 Å². The number of fused-ring (bicyclic) bond motifs is 2. The fraction of sp³-hybridized carbons (Fsp3) is 0.650. The molecule has 2 aliphatic rings. The number of rotatable bonds is 7. The normalized spacial score (nSPS) is 26.8. The van der Waals surface area contributed by atoms with Crippen LogP contribution in [0, 0.1) is 5.92 Å². The number of benzene rings is 1. The Morgan fingerprint density at radius 2 is 1.75 bits per heavy atom. The first-order valence-corrected chi connectivity index (χ1v) is 9.28. The quantitative estimate of drug-likeness (QED) is 0.764. The lowest BCUT2D eigenvalue weighted by Gasteiger charge is -2.46. The lowest BCUT2D eigenvalue weighted by Crippen LogP contribution is -2.51. The van der Waals surface area contributed by atoms with E-state index in [0.717, 1.165) is 24.3 Å². The Kier molecular flexibility index (Phi) is 5.77. The van der Waals surface area contributed by atoms with Gasteiger partial charge in [0, 0.05) is 24.4 Å². The first-order chi connectivity index (χ1) is 11.7. The zero-order valence-corrected chi connectivity index (χ0v) is 14.9. The molecule has 2 saturated heterocycles. The average Bonchev–Trinajstić information content (AvgIpc) is 2.56. The standard InChI is InChI=1S/C20H29NO3/c1-3-23-19-9-4-5-10-20(19)24-12-11-18(22)15-13-16-7-6-8-17(14-15)21(16)2/h4-5,9-10,15-17H,3,6-8,11-14H2,1-2H3. The van der Waals surface area contributed by atoms with Crippen LogP contribution in [0.15, 0.2) is 24.3 Å². The van der Waals surface area contributed by atoms with Crippen molar-refractivity contribution >= 4 is 5.78 Å². The van der Waals surface area contributed by atoms with Gasteiger partial charge in [-0.1, -0.05) is 18.6 Å². The van der Waals surface area contributed by atoms with E-state index in [0.29, 0.717) is 37.5 Å². The van der Waals surface area contributed by atoms with Crippen LogP contribution in [0.5, 0.6) is 11.5 Å². The van der Waals surface area contributed by atoms with Gasteiger partial charge in [-0.15, -0.1) is 0 Å². The molecule has 0 aliphatic carbocycles. The summed E-state index contributed by atoms with van der Waals surface area (Å²) in [5.41, 5.74) is 0. The Hall–Kier alpha value is -1.55. The summed E-state index contributed by atoms with van der Waals surface area (Å²) >= 11 is 0. The van der Waals surface area contributed by atoms with Gasteiger partial charge in [-0.2, -0.15) is 0 Å². The number of carbonyl (C=O) groups is 1. The number of Topliss-reactive ketones (excluding diaryl/α,β-unsaturated/α-hetero) is 1. The van der Waals surface area contributed by atoms with Gasteiger partial charge in [0.15, 0.2) is 11.5 Å². The van der Waals surface area contributed by atoms with Crippen molar-refractivity contribution in [2.45, 2.75) is 57.5 Å². The number of para-hydroxylation sites is 2. The van der Waals surface area contributed by atoms with Crippen LogP contribution >= 0.6 is 0 Å². The van der Waals surface area contributed by atoms with E-state index >= 15 is 0 Å². The molecule has 2 atom stereocenters. The number of piperidine rings is 2. The van der Waals surface area contributed by atoms with Crippen molar-refractivity contribution in [3.8, 4) is 11.5 Å². The second-order valence-electron chi connectivity index (χ2n) is 7.02. The summed E-state index contributed by atoms with van der Waals surface area (Å²) in [6.45, 7) is 3.00. The zero-order valence-electron chi connectivity index (χ0n) is 14.9. The van der Waals surface area contributed by atoms with Crippen LogP contribution in [-0.4, -0.2) is 43.0 Å². The molecule has 132 valence electrons. The van der Waals surface area contributed by atoms with Crippen molar-refractivity contribution in [2.24, 2.45) is 5.92 Å². The maximum Gasteiger partial charge on any atom is 0.161 e. The molecule has 0 N–H and O–H groups in total. The predicted molar refractivity (Wildman–Crippen MR) is 94.6 cm³/mol. The average molecular weight is 331 g/mol. The molecule has 0 radical (unpaired) electrons. The minimum absolute atomic E-state index is 0.224. The SMILES string of the molecule is CCOc1ccccc1OCCC(=O)C1CC2CCCC(C1)N2C. The lowest BCUT2D eigenvalue weighted by atomic mass is 9.76. The first-order valence-electron chi connectivity index (χ1n) is 9.28. The molecular formula is C20H29NO3. The highest BCUT2D eigenvalue weighted by atomic mass is 16.5. The Balaban J connectivity index is 1.50. The molecular weight excluding hydrogens is 302 g/mol. The number of nitrogens with zero attached hydrogens (tertiary/aromatic N) is 1. The molecule has 24 heavy (non-hydrogen) atoms. The van der Waals surface area contributed by atoms with E-state index in [1.165, 1.54) is 19.3 Å². The second-order valence-corrected chi connectivity index (χ2v) is 7.02. The molecule has 2 aliphatic heterocycles. The summed E-state index contributed by atoms with van der Waals surface area (Å²) in [4.78, 5) is 15.1. The molecule has 0 spiro atoms. The van der Waals surface area contributed by atoms with Crippen molar-refractivity contribution in [1.29, 1.82) is 0 Å². The van der Waals surface area contributed by atoms with Gasteiger partial charge in [0.05, 0.1) is 13.2 Å². The molecule has 1 aromatic carbocycles. The van der Waals surface area contributed by atoms with Crippen molar-refractivity contribution in [3.63, 3.8) is 0 Å². The molecule has 2 unspecified atom stereocenters. The van der Waals surface area contributed by atoms with Crippen LogP contribution in [0.1, 0.15) is 45.4 Å². The van der Waals surface area contributed by atoms with E-state index in [2.05, 4.69) is 11.9 Å². The van der Waals surface area contributed by atoms with Crippen molar-refractivity contribution in [3.05, 3.63) is 24.3 Å². The second kappa shape index (κ2) is 8.02. The summed E-state index contributed by atoms with van der Waals surface area (Å²) in [7, 11) is 2.23. The van der Waals surface area contributed by atoms with E-state index in [1.807, 2.05) is 31.2 Å². The highest BCUT2D eigenvalue weighted by Gasteiger charge is 2.38. The number of ether oxygens (including phenoxy) is 2. The zero-order chi connectivity index (χ0) is 16.9. The van der Waals surface area contributed by atoms with Crippen LogP contribution in [0.4, 0.5) is 0 Å². The molecule has 0 amide bonds. The summed E-state index contributed by atoms with van der Waals surface area (Å²) in [5.74, 6) is 2.07. The smallest absolute Gasteiger partial charge is 0.161 e. The molecule has 2 bridgehead atoms. The van der Waals surface area contributed by atoms with Gasteiger partial charge in [0.1, 0.15) is 5.78 Å². The fourth-order valence-corrected chi connectivity index (χ4v) is 4.19. The van der Waals surface area contributed by atoms with Gasteiger partial charge in [0.25, 0.3) is 0 Å². The molecule has 0 saturated carbocycles. The summed E-state index contributed by atoms with van der Waals surface area (Å²) < 4.78 is 11.4. The third-order valence-electron chi connectivity index (χ3n) is 5.55. The van der Waals surface area contributed by atoms with E-state index in [9.17, 15) is 4.79 Å². The van der Waals surface area contributed by atoms with Crippen LogP contribution in [0.3, 0.4) is 0 Å². The Morgan fingerprint density at radius 3 is 2.38 bits per heavy atom. The molecule has 4 heteroatoms. The Labute approximate surface area is 145 Å². The van der Waals surface area contributed by atoms with Crippen molar-refractivity contribution < 1.29 is 14.3 Å². The van der Waals surface area contributed by atoms with Crippen LogP contribution in [0.2, 0.25) is 0 Å². The molecule has 3 rings (SSSR count). The minimum Gasteiger partial charge on any atom is -0.490 e. The highest BCUT2D eigenvalue weighted by Crippen LogP contribution is 2.36. The van der Waals surface area contributed by atoms with Gasteiger partial charge in [0.2, 0.25) is 0 Å². The number of ketones is 1. The minimum atomic E-state index is 0.224. The number of hydrogen-bond donors (Lipinski definition) is 0. The van der Waals surface area contributed by atoms with E-state index < -0.39 is 0 Å². The molecule has 2 heterocycles. The predicted octanol–water partition coefficient (Wildman–Crippen LogP) is 3.69.